The van der Waals surface area contributed by atoms with E-state index in [0.717, 1.165) is 5.56 Å². The molecule has 19 heavy (non-hydrogen) atoms. The summed E-state index contributed by atoms with van der Waals surface area (Å²) in [5.41, 5.74) is 2.17. The van der Waals surface area contributed by atoms with Gasteiger partial charge < -0.3 is 10.4 Å². The summed E-state index contributed by atoms with van der Waals surface area (Å²) in [6.45, 7) is 3.52. The molecule has 0 saturated carbocycles. The zero-order valence-corrected chi connectivity index (χ0v) is 12.2. The normalized spacial score (nSPS) is 12.2. The summed E-state index contributed by atoms with van der Waals surface area (Å²) in [4.78, 5) is 12.6. The van der Waals surface area contributed by atoms with Crippen molar-refractivity contribution in [3.8, 4) is 0 Å². The number of anilines is 1. The SMILES string of the molecule is Cc1csc(C(=O)Nc2ccccc2C(C)O)c1Cl. The number of hydrogen-bond donors (Lipinski definition) is 2. The third-order valence-corrected chi connectivity index (χ3v) is 4.46. The zero-order chi connectivity index (χ0) is 14.0. The highest BCUT2D eigenvalue weighted by atomic mass is 35.5. The first kappa shape index (κ1) is 14.1. The standard InChI is InChI=1S/C14H14ClNO2S/c1-8-7-19-13(12(8)15)14(18)16-11-6-4-3-5-10(11)9(2)17/h3-7,9,17H,1-2H3,(H,16,18). The van der Waals surface area contributed by atoms with Crippen molar-refractivity contribution in [3.63, 3.8) is 0 Å². The molecule has 0 aliphatic heterocycles. The van der Waals surface area contributed by atoms with Crippen LogP contribution in [0.5, 0.6) is 0 Å². The van der Waals surface area contributed by atoms with Crippen LogP contribution in [0.25, 0.3) is 0 Å². The number of amides is 1. The Morgan fingerprint density at radius 2 is 2.11 bits per heavy atom. The summed E-state index contributed by atoms with van der Waals surface area (Å²) >= 11 is 7.38. The largest absolute Gasteiger partial charge is 0.389 e. The van der Waals surface area contributed by atoms with E-state index in [2.05, 4.69) is 5.32 Å². The molecule has 3 nitrogen and oxygen atoms in total. The van der Waals surface area contributed by atoms with Crippen LogP contribution in [0.4, 0.5) is 5.69 Å². The number of hydrogen-bond acceptors (Lipinski definition) is 3. The van der Waals surface area contributed by atoms with Crippen LogP contribution in [0.15, 0.2) is 29.6 Å². The number of rotatable bonds is 3. The average molecular weight is 296 g/mol. The van der Waals surface area contributed by atoms with Gasteiger partial charge in [0.05, 0.1) is 11.1 Å². The van der Waals surface area contributed by atoms with E-state index >= 15 is 0 Å². The van der Waals surface area contributed by atoms with Gasteiger partial charge in [-0.1, -0.05) is 29.8 Å². The smallest absolute Gasteiger partial charge is 0.267 e. The van der Waals surface area contributed by atoms with Gasteiger partial charge in [0, 0.05) is 11.3 Å². The van der Waals surface area contributed by atoms with Crippen LogP contribution < -0.4 is 5.32 Å². The number of nitrogens with one attached hydrogen (secondary N) is 1. The number of aliphatic hydroxyl groups excluding tert-OH is 1. The van der Waals surface area contributed by atoms with Crippen LogP contribution in [0, 0.1) is 6.92 Å². The van der Waals surface area contributed by atoms with E-state index in [9.17, 15) is 9.90 Å². The van der Waals surface area contributed by atoms with Gasteiger partial charge in [0.15, 0.2) is 0 Å². The molecule has 0 radical (unpaired) electrons. The van der Waals surface area contributed by atoms with Gasteiger partial charge in [-0.25, -0.2) is 0 Å². The molecule has 2 rings (SSSR count). The van der Waals surface area contributed by atoms with Gasteiger partial charge in [0.2, 0.25) is 0 Å². The topological polar surface area (TPSA) is 49.3 Å². The number of thiophene rings is 1. The molecular weight excluding hydrogens is 282 g/mol. The molecule has 0 spiro atoms. The average Bonchev–Trinajstić information content (AvgIpc) is 2.70. The molecule has 100 valence electrons. The first-order valence-corrected chi connectivity index (χ1v) is 7.08. The van der Waals surface area contributed by atoms with E-state index in [1.54, 1.807) is 19.1 Å². The third-order valence-electron chi connectivity index (χ3n) is 2.76. The van der Waals surface area contributed by atoms with E-state index in [1.807, 2.05) is 24.4 Å². The second-order valence-corrected chi connectivity index (χ2v) is 5.54. The second-order valence-electron chi connectivity index (χ2n) is 4.28. The molecule has 0 fully saturated rings. The molecule has 0 aliphatic rings. The Kier molecular flexibility index (Phi) is 4.24. The Bertz CT molecular complexity index is 607. The fourth-order valence-corrected chi connectivity index (χ4v) is 2.91. The minimum atomic E-state index is -0.642. The predicted octanol–water partition coefficient (Wildman–Crippen LogP) is 4.02. The van der Waals surface area contributed by atoms with Gasteiger partial charge in [0.25, 0.3) is 5.91 Å². The Morgan fingerprint density at radius 3 is 2.68 bits per heavy atom. The number of aryl methyl sites for hydroxylation is 1. The molecule has 1 amide bonds. The monoisotopic (exact) mass is 295 g/mol. The molecule has 1 aromatic carbocycles. The van der Waals surface area contributed by atoms with Crippen molar-refractivity contribution in [3.05, 3.63) is 50.7 Å². The summed E-state index contributed by atoms with van der Waals surface area (Å²) in [7, 11) is 0. The van der Waals surface area contributed by atoms with Gasteiger partial charge in [0.1, 0.15) is 4.88 Å². The van der Waals surface area contributed by atoms with Crippen LogP contribution in [-0.4, -0.2) is 11.0 Å². The lowest BCUT2D eigenvalue weighted by Gasteiger charge is -2.12. The quantitative estimate of drug-likeness (QED) is 0.898. The Labute approximate surface area is 120 Å². The van der Waals surface area contributed by atoms with Crippen molar-refractivity contribution in [2.24, 2.45) is 0 Å². The van der Waals surface area contributed by atoms with E-state index in [0.29, 0.717) is 21.2 Å². The zero-order valence-electron chi connectivity index (χ0n) is 10.6. The summed E-state index contributed by atoms with van der Waals surface area (Å²) < 4.78 is 0. The number of aliphatic hydroxyl groups is 1. The van der Waals surface area contributed by atoms with E-state index in [4.69, 9.17) is 11.6 Å². The first-order valence-electron chi connectivity index (χ1n) is 5.82. The predicted molar refractivity (Wildman–Crippen MR) is 79.1 cm³/mol. The van der Waals surface area contributed by atoms with Gasteiger partial charge >= 0.3 is 0 Å². The molecule has 1 aromatic heterocycles. The lowest BCUT2D eigenvalue weighted by Crippen LogP contribution is -2.13. The number of halogens is 1. The van der Waals surface area contributed by atoms with E-state index in [-0.39, 0.29) is 5.91 Å². The molecule has 0 bridgehead atoms. The molecule has 0 aliphatic carbocycles. The van der Waals surface area contributed by atoms with E-state index < -0.39 is 6.10 Å². The maximum Gasteiger partial charge on any atom is 0.267 e. The first-order chi connectivity index (χ1) is 9.00. The van der Waals surface area contributed by atoms with Crippen LogP contribution >= 0.6 is 22.9 Å². The Morgan fingerprint density at radius 1 is 1.42 bits per heavy atom. The third kappa shape index (κ3) is 2.97. The Balaban J connectivity index is 2.27. The lowest BCUT2D eigenvalue weighted by atomic mass is 10.1. The fourth-order valence-electron chi connectivity index (χ4n) is 1.74. The minimum absolute atomic E-state index is 0.254. The maximum absolute atomic E-state index is 12.2. The molecule has 1 heterocycles. The van der Waals surface area contributed by atoms with Crippen molar-refractivity contribution >= 4 is 34.5 Å². The molecule has 0 saturated heterocycles. The molecule has 2 N–H and O–H groups in total. The molecule has 1 unspecified atom stereocenters. The Hall–Kier alpha value is -1.36. The fraction of sp³-hybridized carbons (Fsp3) is 0.214. The summed E-state index contributed by atoms with van der Waals surface area (Å²) in [6, 6.07) is 7.17. The van der Waals surface area contributed by atoms with Crippen LogP contribution in [0.1, 0.15) is 33.8 Å². The van der Waals surface area contributed by atoms with Gasteiger partial charge in [-0.3, -0.25) is 4.79 Å². The minimum Gasteiger partial charge on any atom is -0.389 e. The molecular formula is C14H14ClNO2S. The van der Waals surface area contributed by atoms with Gasteiger partial charge in [-0.15, -0.1) is 11.3 Å². The van der Waals surface area contributed by atoms with E-state index in [1.165, 1.54) is 11.3 Å². The van der Waals surface area contributed by atoms with Crippen molar-refractivity contribution in [2.45, 2.75) is 20.0 Å². The number of para-hydroxylation sites is 1. The highest BCUT2D eigenvalue weighted by Crippen LogP contribution is 2.29. The summed E-state index contributed by atoms with van der Waals surface area (Å²) in [6.07, 6.45) is -0.642. The highest BCUT2D eigenvalue weighted by Gasteiger charge is 2.16. The van der Waals surface area contributed by atoms with Crippen molar-refractivity contribution < 1.29 is 9.90 Å². The summed E-state index contributed by atoms with van der Waals surface area (Å²) in [5.74, 6) is -0.254. The molecule has 2 aromatic rings. The number of carbonyl (C=O) groups excluding carboxylic acids is 1. The van der Waals surface area contributed by atoms with Crippen LogP contribution in [-0.2, 0) is 0 Å². The number of benzene rings is 1. The van der Waals surface area contributed by atoms with Crippen molar-refractivity contribution in [2.75, 3.05) is 5.32 Å². The van der Waals surface area contributed by atoms with Crippen LogP contribution in [0.2, 0.25) is 5.02 Å². The van der Waals surface area contributed by atoms with Gasteiger partial charge in [-0.2, -0.15) is 0 Å². The lowest BCUT2D eigenvalue weighted by molar-refractivity contribution is 0.103. The van der Waals surface area contributed by atoms with Gasteiger partial charge in [-0.05, 0) is 30.9 Å². The maximum atomic E-state index is 12.2. The number of carbonyl (C=O) groups is 1. The van der Waals surface area contributed by atoms with Crippen LogP contribution in [0.3, 0.4) is 0 Å². The van der Waals surface area contributed by atoms with Crippen molar-refractivity contribution in [1.29, 1.82) is 0 Å². The highest BCUT2D eigenvalue weighted by molar-refractivity contribution is 7.13. The molecule has 5 heteroatoms. The second kappa shape index (κ2) is 5.74. The molecule has 1 atom stereocenters. The van der Waals surface area contributed by atoms with Crippen molar-refractivity contribution in [1.82, 2.24) is 0 Å². The summed E-state index contributed by atoms with van der Waals surface area (Å²) in [5, 5.41) is 14.8.